The van der Waals surface area contributed by atoms with Crippen molar-refractivity contribution in [3.63, 3.8) is 0 Å². The van der Waals surface area contributed by atoms with Crippen molar-refractivity contribution < 1.29 is 0 Å². The number of nitrogens with zero attached hydrogens (tertiary/aromatic N) is 1. The Morgan fingerprint density at radius 1 is 1.43 bits per heavy atom. The fourth-order valence-electron chi connectivity index (χ4n) is 3.33. The van der Waals surface area contributed by atoms with Gasteiger partial charge in [-0.15, -0.1) is 0 Å². The second-order valence-corrected chi connectivity index (χ2v) is 5.67. The minimum absolute atomic E-state index is 0.624. The third-order valence-electron chi connectivity index (χ3n) is 4.17. The molecule has 1 spiro atoms. The van der Waals surface area contributed by atoms with Crippen LogP contribution in [0.1, 0.15) is 33.1 Å². The van der Waals surface area contributed by atoms with Crippen molar-refractivity contribution in [3.8, 4) is 0 Å². The maximum Gasteiger partial charge on any atom is 0.0164 e. The molecule has 2 aliphatic rings. The fraction of sp³-hybridized carbons (Fsp3) is 1.00. The van der Waals surface area contributed by atoms with Crippen LogP contribution in [0.4, 0.5) is 0 Å². The molecule has 0 saturated carbocycles. The second kappa shape index (κ2) is 3.82. The number of likely N-dealkylation sites (tertiary alicyclic amines) is 1. The van der Waals surface area contributed by atoms with Gasteiger partial charge in [-0.25, -0.2) is 0 Å². The molecule has 2 saturated heterocycles. The molecule has 2 heteroatoms. The average molecular weight is 196 g/mol. The molecule has 2 aliphatic heterocycles. The van der Waals surface area contributed by atoms with Crippen LogP contribution in [-0.2, 0) is 0 Å². The van der Waals surface area contributed by atoms with E-state index < -0.39 is 0 Å². The molecule has 0 amide bonds. The van der Waals surface area contributed by atoms with E-state index in [9.17, 15) is 0 Å². The largest absolute Gasteiger partial charge is 0.316 e. The zero-order valence-corrected chi connectivity index (χ0v) is 9.84. The first-order valence-electron chi connectivity index (χ1n) is 6.05. The van der Waals surface area contributed by atoms with Crippen molar-refractivity contribution >= 4 is 0 Å². The van der Waals surface area contributed by atoms with Crippen molar-refractivity contribution in [2.45, 2.75) is 39.2 Å². The van der Waals surface area contributed by atoms with Crippen molar-refractivity contribution in [1.82, 2.24) is 10.2 Å². The number of rotatable bonds is 2. The molecule has 2 rings (SSSR count). The first kappa shape index (κ1) is 10.4. The van der Waals surface area contributed by atoms with E-state index in [2.05, 4.69) is 31.1 Å². The number of hydrogen-bond donors (Lipinski definition) is 1. The summed E-state index contributed by atoms with van der Waals surface area (Å²) in [5.74, 6) is 0.832. The van der Waals surface area contributed by atoms with Crippen LogP contribution in [0, 0.1) is 11.3 Å². The molecule has 0 bridgehead atoms. The van der Waals surface area contributed by atoms with Gasteiger partial charge in [-0.1, -0.05) is 13.8 Å². The van der Waals surface area contributed by atoms with E-state index >= 15 is 0 Å². The molecular weight excluding hydrogens is 172 g/mol. The lowest BCUT2D eigenvalue weighted by Crippen LogP contribution is -2.40. The number of hydrogen-bond acceptors (Lipinski definition) is 2. The lowest BCUT2D eigenvalue weighted by Gasteiger charge is -2.34. The molecule has 1 N–H and O–H groups in total. The summed E-state index contributed by atoms with van der Waals surface area (Å²) < 4.78 is 0. The molecule has 2 fully saturated rings. The highest BCUT2D eigenvalue weighted by atomic mass is 15.2. The molecule has 2 nitrogen and oxygen atoms in total. The molecule has 0 aromatic carbocycles. The van der Waals surface area contributed by atoms with Crippen LogP contribution >= 0.6 is 0 Å². The molecule has 0 aliphatic carbocycles. The maximum absolute atomic E-state index is 3.55. The van der Waals surface area contributed by atoms with Gasteiger partial charge in [0.15, 0.2) is 0 Å². The van der Waals surface area contributed by atoms with Gasteiger partial charge in [-0.3, -0.25) is 0 Å². The first-order valence-corrected chi connectivity index (χ1v) is 6.05. The van der Waals surface area contributed by atoms with Gasteiger partial charge >= 0.3 is 0 Å². The molecule has 0 radical (unpaired) electrons. The summed E-state index contributed by atoms with van der Waals surface area (Å²) in [6.07, 6.45) is 4.18. The highest BCUT2D eigenvalue weighted by Crippen LogP contribution is 2.43. The Hall–Kier alpha value is -0.0800. The third-order valence-corrected chi connectivity index (χ3v) is 4.17. The molecule has 0 aromatic heterocycles. The van der Waals surface area contributed by atoms with Gasteiger partial charge in [-0.05, 0) is 45.3 Å². The zero-order valence-electron chi connectivity index (χ0n) is 9.84. The lowest BCUT2D eigenvalue weighted by molar-refractivity contribution is 0.166. The van der Waals surface area contributed by atoms with Crippen LogP contribution < -0.4 is 5.32 Å². The predicted molar refractivity (Wildman–Crippen MR) is 60.4 cm³/mol. The molecule has 2 heterocycles. The second-order valence-electron chi connectivity index (χ2n) is 5.67. The molecular formula is C12H24N2. The van der Waals surface area contributed by atoms with Crippen molar-refractivity contribution in [2.24, 2.45) is 11.3 Å². The Morgan fingerprint density at radius 3 is 2.79 bits per heavy atom. The van der Waals surface area contributed by atoms with Gasteiger partial charge in [0.25, 0.3) is 0 Å². The minimum atomic E-state index is 0.624. The van der Waals surface area contributed by atoms with Crippen molar-refractivity contribution in [3.05, 3.63) is 0 Å². The molecule has 2 unspecified atom stereocenters. The molecule has 14 heavy (non-hydrogen) atoms. The Labute approximate surface area is 88.1 Å². The van der Waals surface area contributed by atoms with Crippen LogP contribution in [0.2, 0.25) is 0 Å². The summed E-state index contributed by atoms with van der Waals surface area (Å²) in [6.45, 7) is 8.50. The highest BCUT2D eigenvalue weighted by molar-refractivity contribution is 5.02. The summed E-state index contributed by atoms with van der Waals surface area (Å²) in [4.78, 5) is 2.59. The van der Waals surface area contributed by atoms with E-state index in [0.717, 1.165) is 12.0 Å². The van der Waals surface area contributed by atoms with E-state index in [-0.39, 0.29) is 0 Å². The minimum Gasteiger partial charge on any atom is -0.316 e. The van der Waals surface area contributed by atoms with E-state index in [1.807, 2.05) is 0 Å². The summed E-state index contributed by atoms with van der Waals surface area (Å²) in [5, 5.41) is 3.55. The van der Waals surface area contributed by atoms with E-state index in [0.29, 0.717) is 5.41 Å². The van der Waals surface area contributed by atoms with Gasteiger partial charge in [0.2, 0.25) is 0 Å². The van der Waals surface area contributed by atoms with E-state index in [4.69, 9.17) is 0 Å². The maximum atomic E-state index is 3.55. The van der Waals surface area contributed by atoms with Crippen LogP contribution in [0.25, 0.3) is 0 Å². The Balaban J connectivity index is 2.08. The molecule has 82 valence electrons. The van der Waals surface area contributed by atoms with Gasteiger partial charge < -0.3 is 10.2 Å². The summed E-state index contributed by atoms with van der Waals surface area (Å²) in [6, 6.07) is 0.831. The van der Waals surface area contributed by atoms with Crippen LogP contribution in [0.15, 0.2) is 0 Å². The fourth-order valence-corrected chi connectivity index (χ4v) is 3.33. The highest BCUT2D eigenvalue weighted by Gasteiger charge is 2.47. The van der Waals surface area contributed by atoms with Crippen molar-refractivity contribution in [1.29, 1.82) is 0 Å². The quantitative estimate of drug-likeness (QED) is 0.723. The Morgan fingerprint density at radius 2 is 2.21 bits per heavy atom. The molecule has 2 atom stereocenters. The van der Waals surface area contributed by atoms with Gasteiger partial charge in [0.1, 0.15) is 0 Å². The Kier molecular flexibility index (Phi) is 2.85. The normalized spacial score (nSPS) is 39.0. The van der Waals surface area contributed by atoms with Gasteiger partial charge in [-0.2, -0.15) is 0 Å². The van der Waals surface area contributed by atoms with E-state index in [1.165, 1.54) is 38.9 Å². The summed E-state index contributed by atoms with van der Waals surface area (Å²) >= 11 is 0. The standard InChI is InChI=1S/C12H24N2/c1-10(2)8-11-12(4-6-13-9-12)5-7-14(11)3/h10-11,13H,4-9H2,1-3H3. The predicted octanol–water partition coefficient (Wildman–Crippen LogP) is 1.72. The van der Waals surface area contributed by atoms with Gasteiger partial charge in [0.05, 0.1) is 0 Å². The zero-order chi connectivity index (χ0) is 10.2. The van der Waals surface area contributed by atoms with Gasteiger partial charge in [0, 0.05) is 18.0 Å². The average Bonchev–Trinajstić information content (AvgIpc) is 2.69. The number of nitrogens with one attached hydrogen (secondary N) is 1. The topological polar surface area (TPSA) is 15.3 Å². The Bertz CT molecular complexity index is 194. The third kappa shape index (κ3) is 1.70. The van der Waals surface area contributed by atoms with Crippen molar-refractivity contribution in [2.75, 3.05) is 26.7 Å². The van der Waals surface area contributed by atoms with Crippen LogP contribution in [-0.4, -0.2) is 37.6 Å². The lowest BCUT2D eigenvalue weighted by atomic mass is 9.76. The summed E-state index contributed by atoms with van der Waals surface area (Å²) in [7, 11) is 2.31. The van der Waals surface area contributed by atoms with Crippen LogP contribution in [0.3, 0.4) is 0 Å². The first-order chi connectivity index (χ1) is 6.64. The van der Waals surface area contributed by atoms with Crippen LogP contribution in [0.5, 0.6) is 0 Å². The SMILES string of the molecule is CC(C)CC1N(C)CCC12CCNC2. The molecule has 0 aromatic rings. The summed E-state index contributed by atoms with van der Waals surface area (Å²) in [5.41, 5.74) is 0.624. The monoisotopic (exact) mass is 196 g/mol. The van der Waals surface area contributed by atoms with E-state index in [1.54, 1.807) is 0 Å². The smallest absolute Gasteiger partial charge is 0.0164 e.